The Hall–Kier alpha value is -0.340. The number of rotatable bonds is 4. The minimum atomic E-state index is 0.860. The van der Waals surface area contributed by atoms with E-state index < -0.39 is 0 Å². The molecule has 0 atom stereocenters. The molecule has 0 unspecified atom stereocenters. The van der Waals surface area contributed by atoms with Crippen LogP contribution in [0.25, 0.3) is 0 Å². The zero-order valence-corrected chi connectivity index (χ0v) is 10.1. The molecule has 2 N–H and O–H groups in total. The molecule has 1 saturated carbocycles. The van der Waals surface area contributed by atoms with E-state index in [2.05, 4.69) is 17.5 Å². The van der Waals surface area contributed by atoms with Gasteiger partial charge in [0.05, 0.1) is 0 Å². The van der Waals surface area contributed by atoms with Gasteiger partial charge in [-0.2, -0.15) is 0 Å². The van der Waals surface area contributed by atoms with Crippen LogP contribution in [0.15, 0.2) is 17.5 Å². The molecule has 1 fully saturated rings. The Bertz CT molecular complexity index is 260. The fraction of sp³-hybridized carbons (Fsp3) is 0.692. The van der Waals surface area contributed by atoms with E-state index in [1.807, 2.05) is 11.3 Å². The average Bonchev–Trinajstić information content (AvgIpc) is 2.80. The molecule has 2 rings (SSSR count). The summed E-state index contributed by atoms with van der Waals surface area (Å²) in [6.07, 6.45) is 8.21. The summed E-state index contributed by atoms with van der Waals surface area (Å²) >= 11 is 1.93. The third kappa shape index (κ3) is 3.05. The fourth-order valence-electron chi connectivity index (χ4n) is 2.67. The third-order valence-electron chi connectivity index (χ3n) is 3.61. The van der Waals surface area contributed by atoms with Crippen LogP contribution in [-0.4, -0.2) is 6.54 Å². The molecule has 1 aromatic rings. The highest BCUT2D eigenvalue weighted by molar-refractivity contribution is 7.10. The maximum atomic E-state index is 5.55. The van der Waals surface area contributed by atoms with Gasteiger partial charge < -0.3 is 5.73 Å². The minimum Gasteiger partial charge on any atom is -0.330 e. The van der Waals surface area contributed by atoms with Crippen molar-refractivity contribution in [1.29, 1.82) is 0 Å². The van der Waals surface area contributed by atoms with Crippen LogP contribution in [0.3, 0.4) is 0 Å². The molecule has 0 amide bonds. The molecule has 0 bridgehead atoms. The normalized spacial score (nSPS) is 26.7. The van der Waals surface area contributed by atoms with Crippen LogP contribution in [0.4, 0.5) is 0 Å². The second kappa shape index (κ2) is 5.66. The number of hydrogen-bond donors (Lipinski definition) is 1. The van der Waals surface area contributed by atoms with Crippen LogP contribution < -0.4 is 5.73 Å². The molecule has 1 heterocycles. The highest BCUT2D eigenvalue weighted by atomic mass is 32.1. The third-order valence-corrected chi connectivity index (χ3v) is 4.64. The second-order valence-electron chi connectivity index (χ2n) is 4.66. The topological polar surface area (TPSA) is 26.0 Å². The van der Waals surface area contributed by atoms with Crippen molar-refractivity contribution in [3.63, 3.8) is 0 Å². The standard InChI is InChI=1S/C13H21NS/c14-9-1-3-11-5-7-12(8-6-11)13-4-2-10-15-13/h2,4,10-12H,1,3,5-9,14H2. The first kappa shape index (κ1) is 11.2. The second-order valence-corrected chi connectivity index (χ2v) is 5.64. The summed E-state index contributed by atoms with van der Waals surface area (Å²) in [5.41, 5.74) is 5.55. The van der Waals surface area contributed by atoms with Gasteiger partial charge >= 0.3 is 0 Å². The monoisotopic (exact) mass is 223 g/mol. The van der Waals surface area contributed by atoms with Crippen molar-refractivity contribution in [3.8, 4) is 0 Å². The van der Waals surface area contributed by atoms with Gasteiger partial charge in [-0.1, -0.05) is 6.07 Å². The minimum absolute atomic E-state index is 0.860. The van der Waals surface area contributed by atoms with E-state index >= 15 is 0 Å². The van der Waals surface area contributed by atoms with Gasteiger partial charge in [0.15, 0.2) is 0 Å². The lowest BCUT2D eigenvalue weighted by Gasteiger charge is -2.27. The Morgan fingerprint density at radius 3 is 2.67 bits per heavy atom. The van der Waals surface area contributed by atoms with Gasteiger partial charge in [0.25, 0.3) is 0 Å². The molecule has 0 saturated heterocycles. The summed E-state index contributed by atoms with van der Waals surface area (Å²) < 4.78 is 0. The van der Waals surface area contributed by atoms with Gasteiger partial charge in [0, 0.05) is 4.88 Å². The van der Waals surface area contributed by atoms with E-state index in [0.717, 1.165) is 18.4 Å². The molecular weight excluding hydrogens is 202 g/mol. The van der Waals surface area contributed by atoms with Gasteiger partial charge in [-0.3, -0.25) is 0 Å². The van der Waals surface area contributed by atoms with Crippen molar-refractivity contribution in [2.24, 2.45) is 11.7 Å². The Morgan fingerprint density at radius 2 is 2.07 bits per heavy atom. The smallest absolute Gasteiger partial charge is 0.00761 e. The average molecular weight is 223 g/mol. The van der Waals surface area contributed by atoms with E-state index in [1.54, 1.807) is 4.88 Å². The first-order valence-corrected chi connectivity index (χ1v) is 7.01. The SMILES string of the molecule is NCCCC1CCC(c2cccs2)CC1. The zero-order chi connectivity index (χ0) is 10.5. The van der Waals surface area contributed by atoms with Crippen molar-refractivity contribution in [1.82, 2.24) is 0 Å². The number of nitrogens with two attached hydrogens (primary N) is 1. The molecule has 15 heavy (non-hydrogen) atoms. The maximum Gasteiger partial charge on any atom is 0.00761 e. The molecule has 0 aromatic carbocycles. The van der Waals surface area contributed by atoms with Crippen LogP contribution in [-0.2, 0) is 0 Å². The van der Waals surface area contributed by atoms with Crippen LogP contribution in [0.1, 0.15) is 49.3 Å². The van der Waals surface area contributed by atoms with Gasteiger partial charge in [-0.15, -0.1) is 11.3 Å². The first-order valence-electron chi connectivity index (χ1n) is 6.13. The summed E-state index contributed by atoms with van der Waals surface area (Å²) in [6, 6.07) is 4.48. The molecule has 0 aliphatic heterocycles. The maximum absolute atomic E-state index is 5.55. The summed E-state index contributed by atoms with van der Waals surface area (Å²) in [7, 11) is 0. The van der Waals surface area contributed by atoms with E-state index in [9.17, 15) is 0 Å². The molecule has 1 aromatic heterocycles. The molecule has 2 heteroatoms. The van der Waals surface area contributed by atoms with E-state index in [1.165, 1.54) is 38.5 Å². The highest BCUT2D eigenvalue weighted by Crippen LogP contribution is 2.38. The predicted molar refractivity (Wildman–Crippen MR) is 67.3 cm³/mol. The predicted octanol–water partition coefficient (Wildman–Crippen LogP) is 3.76. The number of thiophene rings is 1. The van der Waals surface area contributed by atoms with Crippen LogP contribution in [0.2, 0.25) is 0 Å². The van der Waals surface area contributed by atoms with Crippen molar-refractivity contribution >= 4 is 11.3 Å². The molecule has 1 aliphatic rings. The van der Waals surface area contributed by atoms with E-state index in [-0.39, 0.29) is 0 Å². The van der Waals surface area contributed by atoms with Gasteiger partial charge in [-0.25, -0.2) is 0 Å². The largest absolute Gasteiger partial charge is 0.330 e. The van der Waals surface area contributed by atoms with Gasteiger partial charge in [-0.05, 0) is 68.4 Å². The summed E-state index contributed by atoms with van der Waals surface area (Å²) in [5, 5.41) is 2.20. The van der Waals surface area contributed by atoms with Crippen molar-refractivity contribution in [2.75, 3.05) is 6.54 Å². The van der Waals surface area contributed by atoms with Crippen LogP contribution in [0, 0.1) is 5.92 Å². The molecule has 1 aliphatic carbocycles. The fourth-order valence-corrected chi connectivity index (χ4v) is 3.57. The Morgan fingerprint density at radius 1 is 1.27 bits per heavy atom. The Balaban J connectivity index is 1.77. The first-order chi connectivity index (χ1) is 7.40. The highest BCUT2D eigenvalue weighted by Gasteiger charge is 2.22. The molecule has 0 radical (unpaired) electrons. The lowest BCUT2D eigenvalue weighted by molar-refractivity contribution is 0.308. The molecule has 1 nitrogen and oxygen atoms in total. The molecule has 84 valence electrons. The Labute approximate surface area is 96.7 Å². The van der Waals surface area contributed by atoms with E-state index in [0.29, 0.717) is 0 Å². The van der Waals surface area contributed by atoms with Crippen LogP contribution in [0.5, 0.6) is 0 Å². The van der Waals surface area contributed by atoms with Crippen LogP contribution >= 0.6 is 11.3 Å². The Kier molecular flexibility index (Phi) is 4.21. The lowest BCUT2D eigenvalue weighted by Crippen LogP contribution is -2.13. The quantitative estimate of drug-likeness (QED) is 0.826. The van der Waals surface area contributed by atoms with Gasteiger partial charge in [0.2, 0.25) is 0 Å². The molecular formula is C13H21NS. The van der Waals surface area contributed by atoms with Crippen molar-refractivity contribution in [2.45, 2.75) is 44.4 Å². The van der Waals surface area contributed by atoms with Crippen molar-refractivity contribution in [3.05, 3.63) is 22.4 Å². The van der Waals surface area contributed by atoms with Crippen molar-refractivity contribution < 1.29 is 0 Å². The zero-order valence-electron chi connectivity index (χ0n) is 9.32. The van der Waals surface area contributed by atoms with E-state index in [4.69, 9.17) is 5.73 Å². The number of hydrogen-bond acceptors (Lipinski definition) is 2. The van der Waals surface area contributed by atoms with Gasteiger partial charge in [0.1, 0.15) is 0 Å². The summed E-state index contributed by atoms with van der Waals surface area (Å²) in [5.74, 6) is 1.82. The molecule has 0 spiro atoms. The summed E-state index contributed by atoms with van der Waals surface area (Å²) in [6.45, 7) is 0.866. The lowest BCUT2D eigenvalue weighted by atomic mass is 9.79. The summed E-state index contributed by atoms with van der Waals surface area (Å²) in [4.78, 5) is 1.60.